The minimum atomic E-state index is -1.01. The molecular formula is C58H80N10O8S. The van der Waals surface area contributed by atoms with Crippen molar-refractivity contribution in [3.63, 3.8) is 0 Å². The van der Waals surface area contributed by atoms with Crippen LogP contribution in [0.1, 0.15) is 115 Å². The summed E-state index contributed by atoms with van der Waals surface area (Å²) < 4.78 is 33.7. The predicted molar refractivity (Wildman–Crippen MR) is 294 cm³/mol. The number of nitrogens with one attached hydrogen (secondary N) is 2. The summed E-state index contributed by atoms with van der Waals surface area (Å²) in [7, 11) is 3.46. The van der Waals surface area contributed by atoms with Crippen LogP contribution < -0.4 is 15.6 Å². The smallest absolute Gasteiger partial charge is 0.325 e. The Hall–Kier alpha value is -4.73. The Balaban J connectivity index is 1.01. The number of pyridine rings is 1. The van der Waals surface area contributed by atoms with Gasteiger partial charge in [0.05, 0.1) is 72.1 Å². The lowest BCUT2D eigenvalue weighted by Crippen LogP contribution is -2.73. The zero-order valence-electron chi connectivity index (χ0n) is 46.4. The van der Waals surface area contributed by atoms with Gasteiger partial charge in [-0.1, -0.05) is 19.9 Å². The molecule has 0 spiro atoms. The van der Waals surface area contributed by atoms with E-state index in [1.165, 1.54) is 24.2 Å². The van der Waals surface area contributed by atoms with Crippen LogP contribution in [0.3, 0.4) is 0 Å². The van der Waals surface area contributed by atoms with Crippen LogP contribution in [0.2, 0.25) is 0 Å². The SMILES string of the molecule is COC1CN([C@@H]2c3nc(cs3)-c3ccc4c(c3)c(c(-c3cc(N5CCN(C6CC6)CC5)cnc3[C@H](C)OC)n4CCOC3CCOC(C)(C)C3)CC(C)(C)COC(=O)[C@H]3NN(C(=O)[C@H]2NC(=O)N2CC[C@H]2C)C2CC3C2)C1. The summed E-state index contributed by atoms with van der Waals surface area (Å²) in [5, 5.41) is 8.74. The van der Waals surface area contributed by atoms with E-state index >= 15 is 4.79 Å². The van der Waals surface area contributed by atoms with Crippen LogP contribution in [0, 0.1) is 11.3 Å². The topological polar surface area (TPSA) is 168 Å². The molecule has 3 aromatic heterocycles. The first-order chi connectivity index (χ1) is 37.0. The van der Waals surface area contributed by atoms with Crippen molar-refractivity contribution in [1.29, 1.82) is 0 Å². The van der Waals surface area contributed by atoms with Crippen molar-refractivity contribution in [2.24, 2.45) is 11.3 Å². The fourth-order valence-corrected chi connectivity index (χ4v) is 14.2. The molecule has 8 bridgehead atoms. The summed E-state index contributed by atoms with van der Waals surface area (Å²) in [6.07, 6.45) is 8.81. The maximum Gasteiger partial charge on any atom is 0.325 e. The summed E-state index contributed by atoms with van der Waals surface area (Å²) in [5.74, 6) is -0.650. The number of methoxy groups -OCH3 is 2. The van der Waals surface area contributed by atoms with E-state index in [0.29, 0.717) is 58.7 Å². The zero-order valence-corrected chi connectivity index (χ0v) is 47.2. The van der Waals surface area contributed by atoms with Crippen LogP contribution in [-0.4, -0.2) is 180 Å². The Morgan fingerprint density at radius 1 is 0.974 bits per heavy atom. The Bertz CT molecular complexity index is 2850. The first kappa shape index (κ1) is 52.9. The molecule has 13 rings (SSSR count). The maximum absolute atomic E-state index is 15.3. The number of carbonyl (C=O) groups is 3. The first-order valence-electron chi connectivity index (χ1n) is 28.5. The number of benzene rings is 1. The lowest BCUT2D eigenvalue weighted by molar-refractivity contribution is -0.172. The number of fused-ring (bicyclic) bond motifs is 4. The Morgan fingerprint density at radius 3 is 2.47 bits per heavy atom. The molecule has 6 saturated heterocycles. The highest BCUT2D eigenvalue weighted by Crippen LogP contribution is 2.46. The molecule has 1 aromatic carbocycles. The minimum Gasteiger partial charge on any atom is -0.464 e. The molecule has 3 amide bonds. The third-order valence-corrected chi connectivity index (χ3v) is 19.2. The van der Waals surface area contributed by atoms with Crippen molar-refractivity contribution in [2.45, 2.75) is 160 Å². The van der Waals surface area contributed by atoms with Gasteiger partial charge in [0.1, 0.15) is 17.1 Å². The molecule has 10 heterocycles. The minimum absolute atomic E-state index is 0.0190. The monoisotopic (exact) mass is 1080 g/mol. The van der Waals surface area contributed by atoms with Gasteiger partial charge in [0.2, 0.25) is 0 Å². The second-order valence-electron chi connectivity index (χ2n) is 24.8. The molecule has 2 saturated carbocycles. The largest absolute Gasteiger partial charge is 0.464 e. The van der Waals surface area contributed by atoms with Gasteiger partial charge in [0.15, 0.2) is 0 Å². The summed E-state index contributed by atoms with van der Waals surface area (Å²) >= 11 is 1.51. The number of carbonyl (C=O) groups excluding carboxylic acids is 3. The summed E-state index contributed by atoms with van der Waals surface area (Å²) in [4.78, 5) is 64.0. The maximum atomic E-state index is 15.3. The van der Waals surface area contributed by atoms with E-state index in [1.54, 1.807) is 24.1 Å². The third kappa shape index (κ3) is 10.4. The van der Waals surface area contributed by atoms with Crippen molar-refractivity contribution in [1.82, 2.24) is 45.0 Å². The number of hydrazine groups is 1. The number of cyclic esters (lactones) is 1. The van der Waals surface area contributed by atoms with Gasteiger partial charge in [-0.2, -0.15) is 0 Å². The van der Waals surface area contributed by atoms with Crippen LogP contribution in [0.15, 0.2) is 35.8 Å². The van der Waals surface area contributed by atoms with E-state index in [1.807, 2.05) is 13.1 Å². The molecule has 416 valence electrons. The molecule has 7 aliphatic heterocycles. The first-order valence-corrected chi connectivity index (χ1v) is 29.4. The number of aromatic nitrogens is 3. The average molecular weight is 1080 g/mol. The summed E-state index contributed by atoms with van der Waals surface area (Å²) in [5.41, 5.74) is 10.5. The van der Waals surface area contributed by atoms with Crippen LogP contribution in [-0.2, 0) is 46.2 Å². The third-order valence-electron chi connectivity index (χ3n) is 18.3. The number of rotatable bonds is 12. The number of thiazole rings is 1. The van der Waals surface area contributed by atoms with E-state index in [4.69, 9.17) is 33.7 Å². The highest BCUT2D eigenvalue weighted by molar-refractivity contribution is 7.10. The summed E-state index contributed by atoms with van der Waals surface area (Å²) in [6, 6.07) is 7.03. The molecule has 0 radical (unpaired) electrons. The number of urea groups is 1. The van der Waals surface area contributed by atoms with E-state index < -0.39 is 23.5 Å². The number of piperazine rings is 1. The van der Waals surface area contributed by atoms with Crippen molar-refractivity contribution >= 4 is 45.8 Å². The van der Waals surface area contributed by atoms with Gasteiger partial charge >= 0.3 is 12.0 Å². The molecule has 4 aromatic rings. The van der Waals surface area contributed by atoms with Crippen LogP contribution in [0.25, 0.3) is 33.4 Å². The highest BCUT2D eigenvalue weighted by Gasteiger charge is 2.54. The van der Waals surface area contributed by atoms with Crippen molar-refractivity contribution in [3.05, 3.63) is 52.1 Å². The van der Waals surface area contributed by atoms with Gasteiger partial charge in [0, 0.05) is 131 Å². The number of likely N-dealkylation sites (tertiary alicyclic amines) is 2. The number of amides is 3. The van der Waals surface area contributed by atoms with Gasteiger partial charge < -0.3 is 43.4 Å². The number of anilines is 1. The van der Waals surface area contributed by atoms with E-state index in [-0.39, 0.29) is 66.4 Å². The average Bonchev–Trinajstić information content (AvgIpc) is 4.10. The molecular weight excluding hydrogens is 997 g/mol. The number of hydrogen-bond acceptors (Lipinski definition) is 15. The van der Waals surface area contributed by atoms with Crippen LogP contribution in [0.5, 0.6) is 0 Å². The molecule has 2 N–H and O–H groups in total. The molecule has 1 unspecified atom stereocenters. The van der Waals surface area contributed by atoms with Gasteiger partial charge in [-0.3, -0.25) is 29.4 Å². The molecule has 9 aliphatic rings. The van der Waals surface area contributed by atoms with Gasteiger partial charge in [-0.15, -0.1) is 11.3 Å². The van der Waals surface area contributed by atoms with Crippen LogP contribution >= 0.6 is 11.3 Å². The zero-order chi connectivity index (χ0) is 53.5. The van der Waals surface area contributed by atoms with Gasteiger partial charge in [0.25, 0.3) is 5.91 Å². The molecule has 8 fully saturated rings. The van der Waals surface area contributed by atoms with Crippen molar-refractivity contribution in [2.75, 3.05) is 84.8 Å². The number of ether oxygens (including phenoxy) is 5. The van der Waals surface area contributed by atoms with E-state index in [9.17, 15) is 9.59 Å². The fraction of sp³-hybridized carbons (Fsp3) is 0.672. The second kappa shape index (κ2) is 21.1. The van der Waals surface area contributed by atoms with E-state index in [2.05, 4.69) is 94.3 Å². The Labute approximate surface area is 457 Å². The summed E-state index contributed by atoms with van der Waals surface area (Å²) in [6.45, 7) is 20.3. The Morgan fingerprint density at radius 2 is 1.77 bits per heavy atom. The quantitative estimate of drug-likeness (QED) is 0.140. The van der Waals surface area contributed by atoms with Crippen LogP contribution in [0.4, 0.5) is 10.5 Å². The molecule has 6 atom stereocenters. The number of hydrogen-bond donors (Lipinski definition) is 2. The normalized spacial score (nSPS) is 29.3. The Kier molecular flexibility index (Phi) is 14.5. The lowest BCUT2D eigenvalue weighted by Gasteiger charge is -2.54. The molecule has 2 aliphatic carbocycles. The molecule has 19 heteroatoms. The highest BCUT2D eigenvalue weighted by atomic mass is 32.1. The van der Waals surface area contributed by atoms with Crippen molar-refractivity contribution in [3.8, 4) is 22.5 Å². The lowest BCUT2D eigenvalue weighted by atomic mass is 9.73. The fourth-order valence-electron chi connectivity index (χ4n) is 13.2. The second-order valence-corrected chi connectivity index (χ2v) is 25.7. The van der Waals surface area contributed by atoms with Crippen molar-refractivity contribution < 1.29 is 38.1 Å². The predicted octanol–water partition coefficient (Wildman–Crippen LogP) is 6.96. The molecule has 18 nitrogen and oxygen atoms in total. The number of nitrogens with zero attached hydrogens (tertiary/aromatic N) is 8. The van der Waals surface area contributed by atoms with E-state index in [0.717, 1.165) is 107 Å². The number of esters is 1. The standard InChI is InChI=1S/C58H80N10O8S/c1-34-13-15-66(34)56(71)61-50-52(65-30-42(31-65)73-8)53-60-46(32-77-53)36-9-12-47-43(25-36)45(28-57(3,4)33-75-55(70)49-37-23-39(24-37)68(62-49)54(50)69)51(67(47)20-22-74-41-14-21-76-58(5,6)27-41)44-26-40(29-59-48(44)35(2)72-7)64-18-16-63(17-19-64)38-10-11-38/h9,12,25-26,29,32,34-35,37-39,41-42,49-50,52,62H,10-11,13-24,27-28,30-31,33H2,1-8H3,(H,61,71)/t34-,35+,37?,39?,41?,49+,50+,52+/m1/s1. The van der Waals surface area contributed by atoms with Gasteiger partial charge in [-0.05, 0) is 102 Å². The van der Waals surface area contributed by atoms with Gasteiger partial charge in [-0.25, -0.2) is 15.2 Å². The molecule has 77 heavy (non-hydrogen) atoms.